The highest BCUT2D eigenvalue weighted by molar-refractivity contribution is 5.98. The minimum Gasteiger partial charge on any atom is -0.295 e. The molecule has 112 valence electrons. The first-order valence-electron chi connectivity index (χ1n) is 7.50. The fourth-order valence-electron chi connectivity index (χ4n) is 2.70. The van der Waals surface area contributed by atoms with Gasteiger partial charge >= 0.3 is 0 Å². The molecule has 2 heterocycles. The van der Waals surface area contributed by atoms with Crippen molar-refractivity contribution < 1.29 is 4.79 Å². The molecular formula is C19H15N3O. The molecule has 0 bridgehead atoms. The van der Waals surface area contributed by atoms with Gasteiger partial charge in [0, 0.05) is 11.6 Å². The maximum atomic E-state index is 12.7. The Morgan fingerprint density at radius 1 is 1.04 bits per heavy atom. The lowest BCUT2D eigenvalue weighted by atomic mass is 10.1. The van der Waals surface area contributed by atoms with Crippen LogP contribution in [0, 0.1) is 0 Å². The highest BCUT2D eigenvalue weighted by atomic mass is 16.2. The molecule has 2 aromatic carbocycles. The number of pyridine rings is 1. The number of aromatic nitrogens is 1. The molecule has 0 fully saturated rings. The van der Waals surface area contributed by atoms with E-state index in [-0.39, 0.29) is 5.91 Å². The summed E-state index contributed by atoms with van der Waals surface area (Å²) in [4.78, 5) is 17.0. The van der Waals surface area contributed by atoms with E-state index in [9.17, 15) is 4.79 Å². The molecule has 23 heavy (non-hydrogen) atoms. The van der Waals surface area contributed by atoms with Crippen LogP contribution in [0.15, 0.2) is 72.9 Å². The largest absolute Gasteiger partial charge is 0.295 e. The number of para-hydroxylation sites is 1. The van der Waals surface area contributed by atoms with Crippen molar-refractivity contribution in [1.82, 2.24) is 15.4 Å². The van der Waals surface area contributed by atoms with Crippen LogP contribution >= 0.6 is 0 Å². The Hall–Kier alpha value is -3.14. The van der Waals surface area contributed by atoms with Crippen LogP contribution in [0.3, 0.4) is 0 Å². The topological polar surface area (TPSA) is 45.2 Å². The number of hydrogen-bond donors (Lipinski definition) is 1. The smallest absolute Gasteiger partial charge is 0.274 e. The van der Waals surface area contributed by atoms with Gasteiger partial charge in [-0.25, -0.2) is 5.01 Å². The van der Waals surface area contributed by atoms with E-state index in [0.29, 0.717) is 12.1 Å². The van der Waals surface area contributed by atoms with Crippen molar-refractivity contribution in [2.75, 3.05) is 6.54 Å². The average Bonchev–Trinajstić information content (AvgIpc) is 3.11. The van der Waals surface area contributed by atoms with Crippen LogP contribution in [0.4, 0.5) is 0 Å². The number of nitrogens with zero attached hydrogens (tertiary/aromatic N) is 2. The normalized spacial score (nSPS) is 13.7. The Labute approximate surface area is 134 Å². The molecule has 0 atom stereocenters. The highest BCUT2D eigenvalue weighted by Crippen LogP contribution is 2.19. The summed E-state index contributed by atoms with van der Waals surface area (Å²) in [5.41, 5.74) is 6.66. The number of carbonyl (C=O) groups is 1. The monoisotopic (exact) mass is 301 g/mol. The first kappa shape index (κ1) is 13.5. The van der Waals surface area contributed by atoms with Crippen LogP contribution in [0.2, 0.25) is 0 Å². The molecule has 0 aliphatic carbocycles. The van der Waals surface area contributed by atoms with Gasteiger partial charge < -0.3 is 0 Å². The molecule has 3 aromatic rings. The summed E-state index contributed by atoms with van der Waals surface area (Å²) in [7, 11) is 0. The van der Waals surface area contributed by atoms with E-state index in [1.807, 2.05) is 66.7 Å². The van der Waals surface area contributed by atoms with Gasteiger partial charge in [0.25, 0.3) is 5.91 Å². The second-order valence-electron chi connectivity index (χ2n) is 5.43. The zero-order valence-corrected chi connectivity index (χ0v) is 12.4. The molecular weight excluding hydrogens is 286 g/mol. The SMILES string of the molecule is O=C(c1cnc2ccccc2c1)N1CC=C(c2ccccc2)N1. The lowest BCUT2D eigenvalue weighted by Gasteiger charge is -2.18. The Morgan fingerprint density at radius 3 is 2.70 bits per heavy atom. The highest BCUT2D eigenvalue weighted by Gasteiger charge is 2.21. The maximum Gasteiger partial charge on any atom is 0.274 e. The summed E-state index contributed by atoms with van der Waals surface area (Å²) in [6.45, 7) is 0.538. The number of benzene rings is 2. The van der Waals surface area contributed by atoms with Crippen LogP contribution in [0.25, 0.3) is 16.6 Å². The molecule has 1 aliphatic rings. The fraction of sp³-hybridized carbons (Fsp3) is 0.0526. The quantitative estimate of drug-likeness (QED) is 0.790. The van der Waals surface area contributed by atoms with Crippen molar-refractivity contribution in [3.8, 4) is 0 Å². The third-order valence-electron chi connectivity index (χ3n) is 3.90. The summed E-state index contributed by atoms with van der Waals surface area (Å²) in [5, 5.41) is 2.57. The van der Waals surface area contributed by atoms with E-state index in [0.717, 1.165) is 22.2 Å². The molecule has 1 aliphatic heterocycles. The number of hydrogen-bond acceptors (Lipinski definition) is 3. The maximum absolute atomic E-state index is 12.7. The van der Waals surface area contributed by atoms with E-state index in [1.165, 1.54) is 0 Å². The number of nitrogens with one attached hydrogen (secondary N) is 1. The fourth-order valence-corrected chi connectivity index (χ4v) is 2.70. The molecule has 0 unspecified atom stereocenters. The summed E-state index contributed by atoms with van der Waals surface area (Å²) in [5.74, 6) is -0.0783. The van der Waals surface area contributed by atoms with Crippen molar-refractivity contribution in [2.45, 2.75) is 0 Å². The summed E-state index contributed by atoms with van der Waals surface area (Å²) >= 11 is 0. The van der Waals surface area contributed by atoms with E-state index in [4.69, 9.17) is 0 Å². The second-order valence-corrected chi connectivity index (χ2v) is 5.43. The van der Waals surface area contributed by atoms with Crippen LogP contribution in [0.1, 0.15) is 15.9 Å². The number of hydrazine groups is 1. The average molecular weight is 301 g/mol. The minimum atomic E-state index is -0.0783. The predicted molar refractivity (Wildman–Crippen MR) is 90.3 cm³/mol. The summed E-state index contributed by atoms with van der Waals surface area (Å²) in [6.07, 6.45) is 3.65. The van der Waals surface area contributed by atoms with E-state index < -0.39 is 0 Å². The van der Waals surface area contributed by atoms with Gasteiger partial charge in [-0.1, -0.05) is 48.5 Å². The summed E-state index contributed by atoms with van der Waals surface area (Å²) < 4.78 is 0. The van der Waals surface area contributed by atoms with Crippen molar-refractivity contribution >= 4 is 22.5 Å². The van der Waals surface area contributed by atoms with Crippen LogP contribution < -0.4 is 5.43 Å². The van der Waals surface area contributed by atoms with Crippen LogP contribution in [-0.2, 0) is 0 Å². The van der Waals surface area contributed by atoms with Gasteiger partial charge in [-0.05, 0) is 23.8 Å². The first-order chi connectivity index (χ1) is 11.3. The zero-order valence-electron chi connectivity index (χ0n) is 12.4. The molecule has 1 N–H and O–H groups in total. The van der Waals surface area contributed by atoms with E-state index in [2.05, 4.69) is 10.4 Å². The van der Waals surface area contributed by atoms with Gasteiger partial charge in [0.05, 0.1) is 23.3 Å². The second kappa shape index (κ2) is 5.57. The Balaban J connectivity index is 1.56. The molecule has 0 spiro atoms. The van der Waals surface area contributed by atoms with Crippen molar-refractivity contribution in [3.63, 3.8) is 0 Å². The number of fused-ring (bicyclic) bond motifs is 1. The van der Waals surface area contributed by atoms with Gasteiger partial charge in [0.15, 0.2) is 0 Å². The van der Waals surface area contributed by atoms with Gasteiger partial charge in [-0.3, -0.25) is 15.2 Å². The molecule has 4 nitrogen and oxygen atoms in total. The number of carbonyl (C=O) groups excluding carboxylic acids is 1. The van der Waals surface area contributed by atoms with Crippen molar-refractivity contribution in [2.24, 2.45) is 0 Å². The molecule has 1 amide bonds. The lowest BCUT2D eigenvalue weighted by molar-refractivity contribution is 0.0741. The third-order valence-corrected chi connectivity index (χ3v) is 3.90. The Morgan fingerprint density at radius 2 is 1.83 bits per heavy atom. The van der Waals surface area contributed by atoms with Gasteiger partial charge in [0.2, 0.25) is 0 Å². The molecule has 4 rings (SSSR count). The molecule has 0 radical (unpaired) electrons. The molecule has 1 aromatic heterocycles. The van der Waals surface area contributed by atoms with E-state index in [1.54, 1.807) is 11.2 Å². The predicted octanol–water partition coefficient (Wildman–Crippen LogP) is 3.24. The van der Waals surface area contributed by atoms with Gasteiger partial charge in [-0.2, -0.15) is 0 Å². The van der Waals surface area contributed by atoms with Crippen molar-refractivity contribution in [3.05, 3.63) is 84.1 Å². The summed E-state index contributed by atoms with van der Waals surface area (Å²) in [6, 6.07) is 19.6. The minimum absolute atomic E-state index is 0.0783. The number of amides is 1. The lowest BCUT2D eigenvalue weighted by Crippen LogP contribution is -2.37. The molecule has 0 saturated carbocycles. The van der Waals surface area contributed by atoms with Crippen molar-refractivity contribution in [1.29, 1.82) is 0 Å². The standard InChI is InChI=1S/C19H15N3O/c23-19(16-12-15-8-4-5-9-17(15)20-13-16)22-11-10-18(21-22)14-6-2-1-3-7-14/h1-10,12-13,21H,11H2. The Kier molecular flexibility index (Phi) is 3.27. The van der Waals surface area contributed by atoms with Gasteiger partial charge in [0.1, 0.15) is 0 Å². The van der Waals surface area contributed by atoms with Crippen LogP contribution in [0.5, 0.6) is 0 Å². The Bertz CT molecular complexity index is 903. The zero-order chi connectivity index (χ0) is 15.6. The molecule has 0 saturated heterocycles. The van der Waals surface area contributed by atoms with Gasteiger partial charge in [-0.15, -0.1) is 0 Å². The van der Waals surface area contributed by atoms with E-state index >= 15 is 0 Å². The first-order valence-corrected chi connectivity index (χ1v) is 7.50. The van der Waals surface area contributed by atoms with Crippen LogP contribution in [-0.4, -0.2) is 22.4 Å². The third kappa shape index (κ3) is 2.55. The number of rotatable bonds is 2. The molecule has 4 heteroatoms.